The zero-order valence-electron chi connectivity index (χ0n) is 10.9. The van der Waals surface area contributed by atoms with Crippen LogP contribution in [0.5, 0.6) is 0 Å². The van der Waals surface area contributed by atoms with Gasteiger partial charge in [0.1, 0.15) is 0 Å². The largest absolute Gasteiger partial charge is 0.351 e. The van der Waals surface area contributed by atoms with Crippen molar-refractivity contribution in [2.75, 3.05) is 0 Å². The molecule has 0 aliphatic rings. The van der Waals surface area contributed by atoms with Gasteiger partial charge in [-0.3, -0.25) is 4.79 Å². The van der Waals surface area contributed by atoms with E-state index in [1.165, 1.54) is 5.56 Å². The number of amides is 1. The van der Waals surface area contributed by atoms with E-state index in [0.29, 0.717) is 13.0 Å². The minimum atomic E-state index is -0.499. The molecule has 19 heavy (non-hydrogen) atoms. The average Bonchev–Trinajstić information content (AvgIpc) is 2.82. The summed E-state index contributed by atoms with van der Waals surface area (Å²) in [6, 6.07) is 9.32. The number of carbonyl (C=O) groups is 1. The van der Waals surface area contributed by atoms with E-state index in [1.807, 2.05) is 37.3 Å². The third kappa shape index (κ3) is 3.91. The van der Waals surface area contributed by atoms with Crippen LogP contribution in [0.2, 0.25) is 0 Å². The number of hydrogen-bond donors (Lipinski definition) is 2. The van der Waals surface area contributed by atoms with E-state index in [0.717, 1.165) is 11.1 Å². The van der Waals surface area contributed by atoms with E-state index in [2.05, 4.69) is 16.1 Å². The predicted octanol–water partition coefficient (Wildman–Crippen LogP) is 2.24. The zero-order chi connectivity index (χ0) is 13.7. The maximum Gasteiger partial charge on any atom is 0.237 e. The first-order valence-electron chi connectivity index (χ1n) is 6.25. The molecule has 2 aromatic rings. The summed E-state index contributed by atoms with van der Waals surface area (Å²) < 4.78 is 0. The lowest BCUT2D eigenvalue weighted by atomic mass is 10.1. The second-order valence-corrected chi connectivity index (χ2v) is 5.34. The summed E-state index contributed by atoms with van der Waals surface area (Å²) in [5, 5.41) is 7.02. The Labute approximate surface area is 117 Å². The van der Waals surface area contributed by atoms with Crippen LogP contribution in [0, 0.1) is 6.92 Å². The number of rotatable bonds is 5. The highest BCUT2D eigenvalue weighted by Gasteiger charge is 2.13. The second-order valence-electron chi connectivity index (χ2n) is 4.59. The van der Waals surface area contributed by atoms with Crippen molar-refractivity contribution in [3.05, 3.63) is 57.8 Å². The summed E-state index contributed by atoms with van der Waals surface area (Å²) in [7, 11) is 0. The number of nitrogens with one attached hydrogen (secondary N) is 1. The molecule has 1 aromatic carbocycles. The lowest BCUT2D eigenvalue weighted by Crippen LogP contribution is -2.41. The molecule has 4 heteroatoms. The maximum absolute atomic E-state index is 11.9. The third-order valence-corrected chi connectivity index (χ3v) is 3.96. The van der Waals surface area contributed by atoms with Crippen LogP contribution in [-0.2, 0) is 17.8 Å². The first kappa shape index (κ1) is 13.8. The lowest BCUT2D eigenvalue weighted by molar-refractivity contribution is -0.122. The lowest BCUT2D eigenvalue weighted by Gasteiger charge is -2.12. The number of hydrogen-bond acceptors (Lipinski definition) is 3. The van der Waals surface area contributed by atoms with Gasteiger partial charge in [-0.2, -0.15) is 11.3 Å². The van der Waals surface area contributed by atoms with Crippen LogP contribution in [-0.4, -0.2) is 11.9 Å². The van der Waals surface area contributed by atoms with Crippen LogP contribution in [0.15, 0.2) is 41.1 Å². The normalized spacial score (nSPS) is 12.1. The Morgan fingerprint density at radius 1 is 1.32 bits per heavy atom. The fraction of sp³-hybridized carbons (Fsp3) is 0.267. The molecule has 0 fully saturated rings. The first-order valence-corrected chi connectivity index (χ1v) is 7.20. The van der Waals surface area contributed by atoms with Crippen molar-refractivity contribution in [2.24, 2.45) is 5.73 Å². The Morgan fingerprint density at radius 2 is 2.05 bits per heavy atom. The molecule has 1 aromatic heterocycles. The average molecular weight is 274 g/mol. The molecular weight excluding hydrogens is 256 g/mol. The van der Waals surface area contributed by atoms with Gasteiger partial charge in [0.05, 0.1) is 6.04 Å². The van der Waals surface area contributed by atoms with Crippen molar-refractivity contribution >= 4 is 17.2 Å². The molecule has 1 amide bonds. The van der Waals surface area contributed by atoms with Crippen molar-refractivity contribution in [1.82, 2.24) is 5.32 Å². The van der Waals surface area contributed by atoms with Crippen molar-refractivity contribution < 1.29 is 4.79 Å². The van der Waals surface area contributed by atoms with E-state index in [4.69, 9.17) is 5.73 Å². The number of thiophene rings is 1. The summed E-state index contributed by atoms with van der Waals surface area (Å²) in [4.78, 5) is 11.9. The van der Waals surface area contributed by atoms with E-state index in [-0.39, 0.29) is 5.91 Å². The Hall–Kier alpha value is -1.65. The summed E-state index contributed by atoms with van der Waals surface area (Å²) in [6.45, 7) is 2.60. The molecule has 0 bridgehead atoms. The van der Waals surface area contributed by atoms with Crippen LogP contribution in [0.3, 0.4) is 0 Å². The van der Waals surface area contributed by atoms with Gasteiger partial charge in [0.15, 0.2) is 0 Å². The molecule has 0 unspecified atom stereocenters. The fourth-order valence-corrected chi connectivity index (χ4v) is 2.70. The molecule has 0 saturated carbocycles. The number of carbonyl (C=O) groups excluding carboxylic acids is 1. The van der Waals surface area contributed by atoms with E-state index in [9.17, 15) is 4.79 Å². The van der Waals surface area contributed by atoms with E-state index in [1.54, 1.807) is 11.3 Å². The molecule has 1 heterocycles. The van der Waals surface area contributed by atoms with Gasteiger partial charge in [0.2, 0.25) is 5.91 Å². The van der Waals surface area contributed by atoms with Gasteiger partial charge in [0, 0.05) is 6.54 Å². The minimum absolute atomic E-state index is 0.102. The SMILES string of the molecule is Cc1cscc1CNC(=O)[C@@H](N)Cc1ccccc1. The van der Waals surface area contributed by atoms with Gasteiger partial charge in [-0.05, 0) is 40.8 Å². The fourth-order valence-electron chi connectivity index (χ4n) is 1.84. The first-order chi connectivity index (χ1) is 9.16. The highest BCUT2D eigenvalue weighted by molar-refractivity contribution is 7.08. The molecule has 0 aliphatic carbocycles. The second kappa shape index (κ2) is 6.50. The molecule has 100 valence electrons. The van der Waals surface area contributed by atoms with Gasteiger partial charge < -0.3 is 11.1 Å². The van der Waals surface area contributed by atoms with Crippen molar-refractivity contribution in [3.8, 4) is 0 Å². The van der Waals surface area contributed by atoms with Crippen molar-refractivity contribution in [3.63, 3.8) is 0 Å². The standard InChI is InChI=1S/C15H18N2OS/c1-11-9-19-10-13(11)8-17-15(18)14(16)7-12-5-3-2-4-6-12/h2-6,9-10,14H,7-8,16H2,1H3,(H,17,18)/t14-/m0/s1. The van der Waals surface area contributed by atoms with Gasteiger partial charge in [-0.25, -0.2) is 0 Å². The molecule has 0 saturated heterocycles. The molecular formula is C15H18N2OS. The maximum atomic E-state index is 11.9. The number of nitrogens with two attached hydrogens (primary N) is 1. The highest BCUT2D eigenvalue weighted by Crippen LogP contribution is 2.13. The monoisotopic (exact) mass is 274 g/mol. The van der Waals surface area contributed by atoms with Crippen molar-refractivity contribution in [2.45, 2.75) is 25.9 Å². The topological polar surface area (TPSA) is 55.1 Å². The van der Waals surface area contributed by atoms with Gasteiger partial charge >= 0.3 is 0 Å². The van der Waals surface area contributed by atoms with Crippen molar-refractivity contribution in [1.29, 1.82) is 0 Å². The smallest absolute Gasteiger partial charge is 0.237 e. The molecule has 0 radical (unpaired) electrons. The van der Waals surface area contributed by atoms with E-state index >= 15 is 0 Å². The molecule has 2 rings (SSSR count). The summed E-state index contributed by atoms with van der Waals surface area (Å²) >= 11 is 1.65. The molecule has 0 aliphatic heterocycles. The van der Waals surface area contributed by atoms with Crippen LogP contribution >= 0.6 is 11.3 Å². The Morgan fingerprint density at radius 3 is 2.68 bits per heavy atom. The summed E-state index contributed by atoms with van der Waals surface area (Å²) in [5.41, 5.74) is 9.37. The molecule has 0 spiro atoms. The number of aryl methyl sites for hydroxylation is 1. The third-order valence-electron chi connectivity index (χ3n) is 3.05. The van der Waals surface area contributed by atoms with Gasteiger partial charge in [-0.1, -0.05) is 30.3 Å². The summed E-state index contributed by atoms with van der Waals surface area (Å²) in [5.74, 6) is -0.102. The Balaban J connectivity index is 1.84. The zero-order valence-corrected chi connectivity index (χ0v) is 11.7. The van der Waals surface area contributed by atoms with Crippen LogP contribution < -0.4 is 11.1 Å². The quantitative estimate of drug-likeness (QED) is 0.878. The van der Waals surface area contributed by atoms with Gasteiger partial charge in [0.25, 0.3) is 0 Å². The molecule has 3 nitrogen and oxygen atoms in total. The van der Waals surface area contributed by atoms with Gasteiger partial charge in [-0.15, -0.1) is 0 Å². The summed E-state index contributed by atoms with van der Waals surface area (Å²) in [6.07, 6.45) is 0.565. The molecule has 3 N–H and O–H groups in total. The molecule has 1 atom stereocenters. The number of benzene rings is 1. The van der Waals surface area contributed by atoms with E-state index < -0.39 is 6.04 Å². The predicted molar refractivity (Wildman–Crippen MR) is 79.0 cm³/mol. The van der Waals surface area contributed by atoms with Crippen LogP contribution in [0.25, 0.3) is 0 Å². The highest BCUT2D eigenvalue weighted by atomic mass is 32.1. The minimum Gasteiger partial charge on any atom is -0.351 e. The Bertz CT molecular complexity index is 536. The van der Waals surface area contributed by atoms with Crippen LogP contribution in [0.1, 0.15) is 16.7 Å². The van der Waals surface area contributed by atoms with Crippen LogP contribution in [0.4, 0.5) is 0 Å². The Kier molecular flexibility index (Phi) is 4.71.